The first kappa shape index (κ1) is 18.4. The molecule has 0 aliphatic carbocycles. The molecule has 1 rings (SSSR count). The van der Waals surface area contributed by atoms with Crippen molar-refractivity contribution in [2.75, 3.05) is 6.54 Å². The van der Waals surface area contributed by atoms with Gasteiger partial charge in [0, 0.05) is 13.1 Å². The van der Waals surface area contributed by atoms with Crippen molar-refractivity contribution in [3.8, 4) is 0 Å². The number of halogens is 1. The third kappa shape index (κ3) is 5.58. The second kappa shape index (κ2) is 8.73. The molecule has 0 aromatic heterocycles. The molecular formula is C15H25ClN2O2S. The van der Waals surface area contributed by atoms with E-state index >= 15 is 0 Å². The van der Waals surface area contributed by atoms with E-state index in [2.05, 4.69) is 18.6 Å². The van der Waals surface area contributed by atoms with Crippen molar-refractivity contribution in [1.29, 1.82) is 0 Å². The third-order valence-electron chi connectivity index (χ3n) is 3.63. The highest BCUT2D eigenvalue weighted by atomic mass is 35.5. The SMILES string of the molecule is CCCCC(CC)CNS(=O)(=O)c1ccc(CN)cc1Cl. The molecule has 0 saturated heterocycles. The summed E-state index contributed by atoms with van der Waals surface area (Å²) < 4.78 is 27.3. The fourth-order valence-corrected chi connectivity index (χ4v) is 3.82. The van der Waals surface area contributed by atoms with E-state index in [-0.39, 0.29) is 9.92 Å². The van der Waals surface area contributed by atoms with Gasteiger partial charge in [-0.3, -0.25) is 0 Å². The Bertz CT molecular complexity index is 547. The Morgan fingerprint density at radius 2 is 2.05 bits per heavy atom. The molecular weight excluding hydrogens is 308 g/mol. The average molecular weight is 333 g/mol. The largest absolute Gasteiger partial charge is 0.326 e. The van der Waals surface area contributed by atoms with Crippen molar-refractivity contribution in [3.05, 3.63) is 28.8 Å². The van der Waals surface area contributed by atoms with Crippen LogP contribution in [0, 0.1) is 5.92 Å². The topological polar surface area (TPSA) is 72.2 Å². The zero-order valence-corrected chi connectivity index (χ0v) is 14.3. The van der Waals surface area contributed by atoms with Crippen LogP contribution >= 0.6 is 11.6 Å². The maximum Gasteiger partial charge on any atom is 0.242 e. The fraction of sp³-hybridized carbons (Fsp3) is 0.600. The summed E-state index contributed by atoms with van der Waals surface area (Å²) in [5.74, 6) is 0.363. The van der Waals surface area contributed by atoms with Gasteiger partial charge in [-0.15, -0.1) is 0 Å². The Hall–Kier alpha value is -0.620. The van der Waals surface area contributed by atoms with Gasteiger partial charge in [0.2, 0.25) is 10.0 Å². The van der Waals surface area contributed by atoms with Gasteiger partial charge in [0.15, 0.2) is 0 Å². The van der Waals surface area contributed by atoms with Gasteiger partial charge in [-0.1, -0.05) is 50.8 Å². The molecule has 1 aromatic rings. The third-order valence-corrected chi connectivity index (χ3v) is 5.53. The Morgan fingerprint density at radius 1 is 1.33 bits per heavy atom. The van der Waals surface area contributed by atoms with Gasteiger partial charge >= 0.3 is 0 Å². The summed E-state index contributed by atoms with van der Waals surface area (Å²) >= 11 is 6.05. The minimum atomic E-state index is -3.57. The Morgan fingerprint density at radius 3 is 2.57 bits per heavy atom. The summed E-state index contributed by atoms with van der Waals surface area (Å²) in [6.07, 6.45) is 4.24. The summed E-state index contributed by atoms with van der Waals surface area (Å²) in [7, 11) is -3.57. The zero-order valence-electron chi connectivity index (χ0n) is 12.7. The van der Waals surface area contributed by atoms with Crippen molar-refractivity contribution in [3.63, 3.8) is 0 Å². The van der Waals surface area contributed by atoms with E-state index in [1.807, 2.05) is 0 Å². The first-order chi connectivity index (χ1) is 9.94. The molecule has 120 valence electrons. The molecule has 0 saturated carbocycles. The lowest BCUT2D eigenvalue weighted by atomic mass is 10.00. The first-order valence-electron chi connectivity index (χ1n) is 7.42. The van der Waals surface area contributed by atoms with Crippen LogP contribution in [0.1, 0.15) is 45.1 Å². The van der Waals surface area contributed by atoms with Gasteiger partial charge < -0.3 is 5.73 Å². The molecule has 0 aliphatic rings. The second-order valence-electron chi connectivity index (χ2n) is 5.24. The van der Waals surface area contributed by atoms with Gasteiger partial charge in [0.05, 0.1) is 5.02 Å². The molecule has 0 radical (unpaired) electrons. The smallest absolute Gasteiger partial charge is 0.242 e. The van der Waals surface area contributed by atoms with Gasteiger partial charge in [-0.25, -0.2) is 13.1 Å². The number of nitrogens with two attached hydrogens (primary N) is 1. The summed E-state index contributed by atoms with van der Waals surface area (Å²) in [5.41, 5.74) is 6.33. The molecule has 0 fully saturated rings. The molecule has 0 spiro atoms. The lowest BCUT2D eigenvalue weighted by Crippen LogP contribution is -2.29. The highest BCUT2D eigenvalue weighted by Crippen LogP contribution is 2.23. The molecule has 1 aromatic carbocycles. The van der Waals surface area contributed by atoms with Crippen LogP contribution in [0.3, 0.4) is 0 Å². The van der Waals surface area contributed by atoms with Crippen molar-refractivity contribution in [2.24, 2.45) is 11.7 Å². The molecule has 0 heterocycles. The van der Waals surface area contributed by atoms with Crippen LogP contribution in [0.25, 0.3) is 0 Å². The normalized spacial score (nSPS) is 13.3. The van der Waals surface area contributed by atoms with Crippen molar-refractivity contribution in [2.45, 2.75) is 51.0 Å². The summed E-state index contributed by atoms with van der Waals surface area (Å²) in [6, 6.07) is 4.80. The minimum Gasteiger partial charge on any atom is -0.326 e. The summed E-state index contributed by atoms with van der Waals surface area (Å²) in [5, 5.41) is 0.215. The number of hydrogen-bond donors (Lipinski definition) is 2. The van der Waals surface area contributed by atoms with E-state index in [0.717, 1.165) is 31.2 Å². The number of nitrogens with one attached hydrogen (secondary N) is 1. The van der Waals surface area contributed by atoms with Crippen LogP contribution in [-0.4, -0.2) is 15.0 Å². The monoisotopic (exact) mass is 332 g/mol. The number of hydrogen-bond acceptors (Lipinski definition) is 3. The average Bonchev–Trinajstić information content (AvgIpc) is 2.47. The van der Waals surface area contributed by atoms with E-state index in [4.69, 9.17) is 17.3 Å². The second-order valence-corrected chi connectivity index (χ2v) is 7.38. The molecule has 3 N–H and O–H groups in total. The van der Waals surface area contributed by atoms with Crippen molar-refractivity contribution < 1.29 is 8.42 Å². The highest BCUT2D eigenvalue weighted by Gasteiger charge is 2.19. The Balaban J connectivity index is 2.77. The van der Waals surface area contributed by atoms with Gasteiger partial charge in [-0.2, -0.15) is 0 Å². The number of rotatable bonds is 9. The predicted molar refractivity (Wildman–Crippen MR) is 87.8 cm³/mol. The van der Waals surface area contributed by atoms with Gasteiger partial charge in [-0.05, 0) is 30.0 Å². The number of unbranched alkanes of at least 4 members (excludes halogenated alkanes) is 1. The predicted octanol–water partition coefficient (Wildman–Crippen LogP) is 3.29. The standard InChI is InChI=1S/C15H25ClN2O2S/c1-3-5-6-12(4-2)11-18-21(19,20)15-8-7-13(10-17)9-14(15)16/h7-9,12,18H,3-6,10-11,17H2,1-2H3. The van der Waals surface area contributed by atoms with E-state index in [0.29, 0.717) is 19.0 Å². The van der Waals surface area contributed by atoms with Crippen LogP contribution in [0.4, 0.5) is 0 Å². The number of sulfonamides is 1. The van der Waals surface area contributed by atoms with Crippen LogP contribution in [-0.2, 0) is 16.6 Å². The molecule has 4 nitrogen and oxygen atoms in total. The van der Waals surface area contributed by atoms with E-state index in [1.165, 1.54) is 6.07 Å². The quantitative estimate of drug-likeness (QED) is 0.728. The fourth-order valence-electron chi connectivity index (χ4n) is 2.14. The van der Waals surface area contributed by atoms with Crippen LogP contribution in [0.15, 0.2) is 23.1 Å². The maximum atomic E-state index is 12.3. The summed E-state index contributed by atoms with van der Waals surface area (Å²) in [4.78, 5) is 0.117. The molecule has 21 heavy (non-hydrogen) atoms. The van der Waals surface area contributed by atoms with Crippen LogP contribution < -0.4 is 10.5 Å². The molecule has 1 atom stereocenters. The summed E-state index contributed by atoms with van der Waals surface area (Å²) in [6.45, 7) is 5.00. The minimum absolute atomic E-state index is 0.117. The van der Waals surface area contributed by atoms with E-state index in [9.17, 15) is 8.42 Å². The molecule has 1 unspecified atom stereocenters. The lowest BCUT2D eigenvalue weighted by Gasteiger charge is -2.16. The van der Waals surface area contributed by atoms with Gasteiger partial charge in [0.25, 0.3) is 0 Å². The maximum absolute atomic E-state index is 12.3. The van der Waals surface area contributed by atoms with Crippen LogP contribution in [0.2, 0.25) is 5.02 Å². The van der Waals surface area contributed by atoms with E-state index in [1.54, 1.807) is 12.1 Å². The van der Waals surface area contributed by atoms with E-state index < -0.39 is 10.0 Å². The lowest BCUT2D eigenvalue weighted by molar-refractivity contribution is 0.444. The molecule has 0 amide bonds. The van der Waals surface area contributed by atoms with Crippen molar-refractivity contribution >= 4 is 21.6 Å². The first-order valence-corrected chi connectivity index (χ1v) is 9.28. The van der Waals surface area contributed by atoms with Gasteiger partial charge in [0.1, 0.15) is 4.90 Å². The zero-order chi connectivity index (χ0) is 15.9. The van der Waals surface area contributed by atoms with Crippen molar-refractivity contribution in [1.82, 2.24) is 4.72 Å². The molecule has 6 heteroatoms. The molecule has 0 aliphatic heterocycles. The Labute approximate surface area is 133 Å². The molecule has 0 bridgehead atoms. The highest BCUT2D eigenvalue weighted by molar-refractivity contribution is 7.89. The Kier molecular flexibility index (Phi) is 7.66. The number of benzene rings is 1. The van der Waals surface area contributed by atoms with Crippen LogP contribution in [0.5, 0.6) is 0 Å².